The summed E-state index contributed by atoms with van der Waals surface area (Å²) in [6.45, 7) is 7.03. The number of likely N-dealkylation sites (tertiary alicyclic amines) is 1. The highest BCUT2D eigenvalue weighted by Crippen LogP contribution is 2.33. The summed E-state index contributed by atoms with van der Waals surface area (Å²) >= 11 is 0. The first-order valence-electron chi connectivity index (χ1n) is 7.25. The Morgan fingerprint density at radius 3 is 2.40 bits per heavy atom. The van der Waals surface area contributed by atoms with Gasteiger partial charge in [-0.2, -0.15) is 0 Å². The molecular formula is C14H21N3O3. The largest absolute Gasteiger partial charge is 0.336 e. The molecule has 1 unspecified atom stereocenters. The lowest BCUT2D eigenvalue weighted by Gasteiger charge is -2.32. The predicted molar refractivity (Wildman–Crippen MR) is 71.8 cm³/mol. The van der Waals surface area contributed by atoms with Crippen LogP contribution < -0.4 is 0 Å². The van der Waals surface area contributed by atoms with Crippen LogP contribution in [0, 0.1) is 0 Å². The summed E-state index contributed by atoms with van der Waals surface area (Å²) in [6, 6.07) is -0.778. The van der Waals surface area contributed by atoms with E-state index in [0.717, 1.165) is 12.8 Å². The van der Waals surface area contributed by atoms with Crippen molar-refractivity contribution in [2.45, 2.75) is 57.7 Å². The van der Waals surface area contributed by atoms with Crippen molar-refractivity contribution in [1.29, 1.82) is 0 Å². The van der Waals surface area contributed by atoms with Crippen molar-refractivity contribution in [2.24, 2.45) is 0 Å². The van der Waals surface area contributed by atoms with E-state index in [0.29, 0.717) is 13.1 Å². The first kappa shape index (κ1) is 13.4. The van der Waals surface area contributed by atoms with Crippen LogP contribution in [0.15, 0.2) is 0 Å². The number of fused-ring (bicyclic) bond motifs is 1. The first-order valence-corrected chi connectivity index (χ1v) is 7.25. The number of carbonyl (C=O) groups is 3. The fourth-order valence-corrected chi connectivity index (χ4v) is 3.49. The molecule has 0 aromatic heterocycles. The van der Waals surface area contributed by atoms with Crippen LogP contribution >= 0.6 is 0 Å². The lowest BCUT2D eigenvalue weighted by atomic mass is 10.1. The zero-order valence-electron chi connectivity index (χ0n) is 12.3. The average molecular weight is 279 g/mol. The van der Waals surface area contributed by atoms with Crippen LogP contribution in [0.4, 0.5) is 4.79 Å². The normalized spacial score (nSPS) is 30.8. The Labute approximate surface area is 118 Å². The van der Waals surface area contributed by atoms with E-state index in [1.807, 2.05) is 20.8 Å². The van der Waals surface area contributed by atoms with Gasteiger partial charge >= 0.3 is 6.03 Å². The maximum atomic E-state index is 12.4. The third-order valence-corrected chi connectivity index (χ3v) is 4.51. The quantitative estimate of drug-likeness (QED) is 0.667. The molecule has 2 atom stereocenters. The third kappa shape index (κ3) is 1.81. The molecule has 0 aromatic rings. The molecule has 0 radical (unpaired) electrons. The monoisotopic (exact) mass is 279 g/mol. The van der Waals surface area contributed by atoms with Crippen molar-refractivity contribution in [2.75, 3.05) is 13.1 Å². The van der Waals surface area contributed by atoms with E-state index in [4.69, 9.17) is 0 Å². The molecule has 0 spiro atoms. The summed E-state index contributed by atoms with van der Waals surface area (Å²) in [7, 11) is 0. The van der Waals surface area contributed by atoms with Gasteiger partial charge in [-0.3, -0.25) is 14.5 Å². The minimum absolute atomic E-state index is 0.0233. The van der Waals surface area contributed by atoms with Gasteiger partial charge in [0.15, 0.2) is 0 Å². The number of rotatable bonds is 1. The Bertz CT molecular complexity index is 461. The SMILES string of the molecule is CC(C)(C)N1CC(N2C(=O)[C@H]3CCCN3C2=O)CC1=O. The van der Waals surface area contributed by atoms with Crippen LogP contribution in [0.3, 0.4) is 0 Å². The van der Waals surface area contributed by atoms with E-state index < -0.39 is 0 Å². The zero-order chi connectivity index (χ0) is 14.7. The third-order valence-electron chi connectivity index (χ3n) is 4.51. The second-order valence-electron chi connectivity index (χ2n) is 6.88. The molecule has 6 nitrogen and oxygen atoms in total. The lowest BCUT2D eigenvalue weighted by molar-refractivity contribution is -0.131. The van der Waals surface area contributed by atoms with Gasteiger partial charge in [0.2, 0.25) is 5.91 Å². The predicted octanol–water partition coefficient (Wildman–Crippen LogP) is 0.812. The molecule has 3 fully saturated rings. The molecule has 0 aliphatic carbocycles. The van der Waals surface area contributed by atoms with Crippen LogP contribution in [0.25, 0.3) is 0 Å². The molecule has 20 heavy (non-hydrogen) atoms. The molecule has 0 bridgehead atoms. The van der Waals surface area contributed by atoms with Crippen molar-refractivity contribution in [3.63, 3.8) is 0 Å². The number of urea groups is 1. The number of hydrogen-bond acceptors (Lipinski definition) is 3. The van der Waals surface area contributed by atoms with E-state index in [1.54, 1.807) is 9.80 Å². The summed E-state index contributed by atoms with van der Waals surface area (Å²) in [4.78, 5) is 41.6. The fourth-order valence-electron chi connectivity index (χ4n) is 3.49. The lowest BCUT2D eigenvalue weighted by Crippen LogP contribution is -2.46. The maximum Gasteiger partial charge on any atom is 0.327 e. The van der Waals surface area contributed by atoms with E-state index in [-0.39, 0.29) is 41.9 Å². The Kier molecular flexibility index (Phi) is 2.81. The van der Waals surface area contributed by atoms with Crippen molar-refractivity contribution < 1.29 is 14.4 Å². The van der Waals surface area contributed by atoms with E-state index in [1.165, 1.54) is 4.90 Å². The highest BCUT2D eigenvalue weighted by Gasteiger charge is 2.52. The molecular weight excluding hydrogens is 258 g/mol. The van der Waals surface area contributed by atoms with Crippen molar-refractivity contribution in [3.05, 3.63) is 0 Å². The zero-order valence-corrected chi connectivity index (χ0v) is 12.3. The highest BCUT2D eigenvalue weighted by atomic mass is 16.2. The van der Waals surface area contributed by atoms with Gasteiger partial charge in [-0.25, -0.2) is 4.79 Å². The second-order valence-corrected chi connectivity index (χ2v) is 6.88. The maximum absolute atomic E-state index is 12.4. The summed E-state index contributed by atoms with van der Waals surface area (Å²) in [5, 5.41) is 0. The molecule has 3 saturated heterocycles. The van der Waals surface area contributed by atoms with E-state index in [9.17, 15) is 14.4 Å². The van der Waals surface area contributed by atoms with Crippen LogP contribution in [0.5, 0.6) is 0 Å². The number of carbonyl (C=O) groups excluding carboxylic acids is 3. The molecule has 0 saturated carbocycles. The molecule has 3 aliphatic rings. The molecule has 0 aromatic carbocycles. The molecule has 3 heterocycles. The Morgan fingerprint density at radius 2 is 1.85 bits per heavy atom. The van der Waals surface area contributed by atoms with Crippen molar-refractivity contribution in [1.82, 2.24) is 14.7 Å². The first-order chi connectivity index (χ1) is 9.30. The van der Waals surface area contributed by atoms with E-state index >= 15 is 0 Å². The fraction of sp³-hybridized carbons (Fsp3) is 0.786. The van der Waals surface area contributed by atoms with Crippen LogP contribution in [-0.4, -0.2) is 63.3 Å². The van der Waals surface area contributed by atoms with Gasteiger partial charge in [0.05, 0.1) is 6.04 Å². The smallest absolute Gasteiger partial charge is 0.327 e. The standard InChI is InChI=1S/C14H21N3O3/c1-14(2,3)16-8-9(7-11(16)18)17-12(19)10-5-4-6-15(10)13(17)20/h9-10H,4-8H2,1-3H3/t9?,10-/m1/s1. The number of imide groups is 1. The molecule has 110 valence electrons. The highest BCUT2D eigenvalue weighted by molar-refractivity contribution is 6.05. The van der Waals surface area contributed by atoms with Gasteiger partial charge in [0.1, 0.15) is 6.04 Å². The van der Waals surface area contributed by atoms with Gasteiger partial charge in [-0.05, 0) is 33.6 Å². The topological polar surface area (TPSA) is 60.9 Å². The number of nitrogens with zero attached hydrogens (tertiary/aromatic N) is 3. The molecule has 3 rings (SSSR count). The Balaban J connectivity index is 1.80. The minimum atomic E-state index is -0.299. The summed E-state index contributed by atoms with van der Waals surface area (Å²) in [5.74, 6) is -0.0868. The summed E-state index contributed by atoms with van der Waals surface area (Å²) in [6.07, 6.45) is 1.91. The van der Waals surface area contributed by atoms with Crippen molar-refractivity contribution in [3.8, 4) is 0 Å². The van der Waals surface area contributed by atoms with Gasteiger partial charge in [0, 0.05) is 25.0 Å². The van der Waals surface area contributed by atoms with Crippen LogP contribution in [0.1, 0.15) is 40.0 Å². The molecule has 6 heteroatoms. The van der Waals surface area contributed by atoms with Gasteiger partial charge in [0.25, 0.3) is 5.91 Å². The summed E-state index contributed by atoms with van der Waals surface area (Å²) < 4.78 is 0. The molecule has 0 N–H and O–H groups in total. The van der Waals surface area contributed by atoms with Gasteiger partial charge in [-0.1, -0.05) is 0 Å². The van der Waals surface area contributed by atoms with E-state index in [2.05, 4.69) is 0 Å². The number of hydrogen-bond donors (Lipinski definition) is 0. The molecule has 3 aliphatic heterocycles. The van der Waals surface area contributed by atoms with Crippen molar-refractivity contribution >= 4 is 17.8 Å². The number of amides is 4. The van der Waals surface area contributed by atoms with Crippen LogP contribution in [0.2, 0.25) is 0 Å². The Hall–Kier alpha value is -1.59. The minimum Gasteiger partial charge on any atom is -0.336 e. The molecule has 4 amide bonds. The van der Waals surface area contributed by atoms with Crippen LogP contribution in [-0.2, 0) is 9.59 Å². The van der Waals surface area contributed by atoms with Gasteiger partial charge < -0.3 is 9.80 Å². The average Bonchev–Trinajstić information content (AvgIpc) is 2.98. The van der Waals surface area contributed by atoms with Gasteiger partial charge in [-0.15, -0.1) is 0 Å². The summed E-state index contributed by atoms with van der Waals surface area (Å²) in [5.41, 5.74) is -0.270. The second kappa shape index (κ2) is 4.20. The Morgan fingerprint density at radius 1 is 1.15 bits per heavy atom.